The Balaban J connectivity index is 2.22. The van der Waals surface area contributed by atoms with Gasteiger partial charge in [-0.1, -0.05) is 54.4 Å². The maximum atomic E-state index is 12.9. The smallest absolute Gasteiger partial charge is 0.261 e. The van der Waals surface area contributed by atoms with E-state index >= 15 is 0 Å². The minimum atomic E-state index is -0.631. The summed E-state index contributed by atoms with van der Waals surface area (Å²) in [6, 6.07) is 13.5. The van der Waals surface area contributed by atoms with Crippen molar-refractivity contribution in [2.24, 2.45) is 0 Å². The van der Waals surface area contributed by atoms with Gasteiger partial charge in [-0.05, 0) is 36.2 Å². The summed E-state index contributed by atoms with van der Waals surface area (Å²) in [5.74, 6) is 0.0410. The number of hydrogen-bond donors (Lipinski definition) is 1. The number of likely N-dealkylation sites (N-methyl/N-ethyl adjacent to an activating group) is 1. The lowest BCUT2D eigenvalue weighted by atomic mass is 10.1. The minimum Gasteiger partial charge on any atom is -0.484 e. The zero-order valence-corrected chi connectivity index (χ0v) is 16.8. The molecule has 0 heterocycles. The molecule has 0 unspecified atom stereocenters. The van der Waals surface area contributed by atoms with Gasteiger partial charge in [0.2, 0.25) is 5.91 Å². The van der Waals surface area contributed by atoms with Gasteiger partial charge in [0.15, 0.2) is 6.61 Å². The normalized spacial score (nSPS) is 11.6. The molecule has 144 valence electrons. The number of rotatable bonds is 8. The lowest BCUT2D eigenvalue weighted by molar-refractivity contribution is -0.142. The molecule has 0 fully saturated rings. The second-order valence-electron chi connectivity index (χ2n) is 5.90. The maximum Gasteiger partial charge on any atom is 0.261 e. The Labute approximate surface area is 169 Å². The van der Waals surface area contributed by atoms with Crippen molar-refractivity contribution in [3.8, 4) is 5.75 Å². The van der Waals surface area contributed by atoms with E-state index in [1.165, 1.54) is 4.90 Å². The van der Waals surface area contributed by atoms with Crippen LogP contribution in [0, 0.1) is 0 Å². The third-order valence-corrected chi connectivity index (χ3v) is 4.68. The van der Waals surface area contributed by atoms with E-state index in [1.807, 2.05) is 25.1 Å². The lowest BCUT2D eigenvalue weighted by Gasteiger charge is -2.30. The Morgan fingerprint density at radius 2 is 1.85 bits per heavy atom. The third-order valence-electron chi connectivity index (χ3n) is 4.09. The summed E-state index contributed by atoms with van der Waals surface area (Å²) in [4.78, 5) is 26.6. The standard InChI is InChI=1S/C20H22Cl2N2O3/c1-3-18(20(26)23-2)24(12-14-9-10-15(21)11-17(14)22)19(25)13-27-16-7-5-4-6-8-16/h4-11,18H,3,12-13H2,1-2H3,(H,23,26)/t18-/m1/s1. The van der Waals surface area contributed by atoms with Gasteiger partial charge in [0, 0.05) is 23.6 Å². The van der Waals surface area contributed by atoms with Crippen molar-refractivity contribution >= 4 is 35.0 Å². The highest BCUT2D eigenvalue weighted by molar-refractivity contribution is 6.35. The Hall–Kier alpha value is -2.24. The number of ether oxygens (including phenoxy) is 1. The molecule has 1 N–H and O–H groups in total. The molecule has 0 spiro atoms. The maximum absolute atomic E-state index is 12.9. The third kappa shape index (κ3) is 5.88. The number of carbonyl (C=O) groups is 2. The fourth-order valence-electron chi connectivity index (χ4n) is 2.66. The van der Waals surface area contributed by atoms with Gasteiger partial charge < -0.3 is 15.0 Å². The Morgan fingerprint density at radius 1 is 1.15 bits per heavy atom. The van der Waals surface area contributed by atoms with Crippen LogP contribution < -0.4 is 10.1 Å². The predicted molar refractivity (Wildman–Crippen MR) is 107 cm³/mol. The van der Waals surface area contributed by atoms with Crippen LogP contribution in [0.1, 0.15) is 18.9 Å². The van der Waals surface area contributed by atoms with Crippen molar-refractivity contribution in [1.29, 1.82) is 0 Å². The minimum absolute atomic E-state index is 0.178. The second-order valence-corrected chi connectivity index (χ2v) is 6.74. The van der Waals surface area contributed by atoms with Gasteiger partial charge in [-0.2, -0.15) is 0 Å². The van der Waals surface area contributed by atoms with Gasteiger partial charge in [0.25, 0.3) is 5.91 Å². The highest BCUT2D eigenvalue weighted by Gasteiger charge is 2.28. The van der Waals surface area contributed by atoms with Crippen molar-refractivity contribution in [2.45, 2.75) is 25.9 Å². The number of nitrogens with one attached hydrogen (secondary N) is 1. The monoisotopic (exact) mass is 408 g/mol. The number of amides is 2. The zero-order chi connectivity index (χ0) is 19.8. The van der Waals surface area contributed by atoms with Crippen molar-refractivity contribution in [3.63, 3.8) is 0 Å². The molecule has 7 heteroatoms. The van der Waals surface area contributed by atoms with Gasteiger partial charge in [-0.15, -0.1) is 0 Å². The number of nitrogens with zero attached hydrogens (tertiary/aromatic N) is 1. The molecule has 0 bridgehead atoms. The molecule has 2 rings (SSSR count). The molecule has 27 heavy (non-hydrogen) atoms. The van der Waals surface area contributed by atoms with Gasteiger partial charge in [-0.3, -0.25) is 9.59 Å². The van der Waals surface area contributed by atoms with Crippen LogP contribution in [-0.4, -0.2) is 36.4 Å². The Bertz CT molecular complexity index is 784. The van der Waals surface area contributed by atoms with E-state index in [2.05, 4.69) is 5.32 Å². The van der Waals surface area contributed by atoms with E-state index in [0.29, 0.717) is 27.8 Å². The average Bonchev–Trinajstić information content (AvgIpc) is 2.68. The second kappa shape index (κ2) is 10.2. The summed E-state index contributed by atoms with van der Waals surface area (Å²) in [5, 5.41) is 3.55. The highest BCUT2D eigenvalue weighted by atomic mass is 35.5. The van der Waals surface area contributed by atoms with Crippen LogP contribution in [0.2, 0.25) is 10.0 Å². The fourth-order valence-corrected chi connectivity index (χ4v) is 3.13. The van der Waals surface area contributed by atoms with Gasteiger partial charge in [0.05, 0.1) is 0 Å². The Kier molecular flexibility index (Phi) is 7.95. The number of para-hydroxylation sites is 1. The summed E-state index contributed by atoms with van der Waals surface area (Å²) in [5.41, 5.74) is 0.705. The molecule has 5 nitrogen and oxygen atoms in total. The van der Waals surface area contributed by atoms with Crippen LogP contribution >= 0.6 is 23.2 Å². The van der Waals surface area contributed by atoms with Gasteiger partial charge in [0.1, 0.15) is 11.8 Å². The molecule has 0 aromatic heterocycles. The number of benzene rings is 2. The number of hydrogen-bond acceptors (Lipinski definition) is 3. The van der Waals surface area contributed by atoms with E-state index in [1.54, 1.807) is 37.4 Å². The molecular weight excluding hydrogens is 387 g/mol. The van der Waals surface area contributed by atoms with E-state index in [4.69, 9.17) is 27.9 Å². The molecule has 0 aliphatic carbocycles. The van der Waals surface area contributed by atoms with E-state index < -0.39 is 6.04 Å². The first-order valence-corrected chi connectivity index (χ1v) is 9.34. The molecule has 0 aliphatic heterocycles. The molecular formula is C20H22Cl2N2O3. The molecule has 0 saturated heterocycles. The van der Waals surface area contributed by atoms with Gasteiger partial charge >= 0.3 is 0 Å². The number of carbonyl (C=O) groups excluding carboxylic acids is 2. The van der Waals surface area contributed by atoms with Crippen molar-refractivity contribution in [1.82, 2.24) is 10.2 Å². The first-order chi connectivity index (χ1) is 13.0. The van der Waals surface area contributed by atoms with Crippen LogP contribution in [0.4, 0.5) is 0 Å². The average molecular weight is 409 g/mol. The fraction of sp³-hybridized carbons (Fsp3) is 0.300. The summed E-state index contributed by atoms with van der Waals surface area (Å²) in [6.45, 7) is 1.85. The molecule has 2 aromatic carbocycles. The van der Waals surface area contributed by atoms with Gasteiger partial charge in [-0.25, -0.2) is 0 Å². The van der Waals surface area contributed by atoms with Crippen molar-refractivity contribution in [2.75, 3.05) is 13.7 Å². The number of halogens is 2. The van der Waals surface area contributed by atoms with Crippen LogP contribution in [0.3, 0.4) is 0 Å². The lowest BCUT2D eigenvalue weighted by Crippen LogP contribution is -2.49. The summed E-state index contributed by atoms with van der Waals surface area (Å²) < 4.78 is 5.57. The van der Waals surface area contributed by atoms with E-state index in [0.717, 1.165) is 0 Å². The highest BCUT2D eigenvalue weighted by Crippen LogP contribution is 2.24. The topological polar surface area (TPSA) is 58.6 Å². The van der Waals surface area contributed by atoms with Crippen LogP contribution in [-0.2, 0) is 16.1 Å². The summed E-state index contributed by atoms with van der Waals surface area (Å²) in [6.07, 6.45) is 0.460. The van der Waals surface area contributed by atoms with Crippen molar-refractivity contribution < 1.29 is 14.3 Å². The van der Waals surface area contributed by atoms with Crippen LogP contribution in [0.25, 0.3) is 0 Å². The molecule has 1 atom stereocenters. The summed E-state index contributed by atoms with van der Waals surface area (Å²) >= 11 is 12.2. The van der Waals surface area contributed by atoms with Crippen LogP contribution in [0.5, 0.6) is 5.75 Å². The molecule has 0 radical (unpaired) electrons. The molecule has 2 amide bonds. The van der Waals surface area contributed by atoms with Crippen molar-refractivity contribution in [3.05, 3.63) is 64.1 Å². The molecule has 0 saturated carbocycles. The largest absolute Gasteiger partial charge is 0.484 e. The summed E-state index contributed by atoms with van der Waals surface area (Å²) in [7, 11) is 1.55. The SMILES string of the molecule is CC[C@H](C(=O)NC)N(Cc1ccc(Cl)cc1Cl)C(=O)COc1ccccc1. The van der Waals surface area contributed by atoms with Crippen LogP contribution in [0.15, 0.2) is 48.5 Å². The predicted octanol–water partition coefficient (Wildman–Crippen LogP) is 3.93. The first kappa shape index (κ1) is 21.1. The van der Waals surface area contributed by atoms with E-state index in [-0.39, 0.29) is 25.0 Å². The quantitative estimate of drug-likeness (QED) is 0.719. The zero-order valence-electron chi connectivity index (χ0n) is 15.2. The molecule has 2 aromatic rings. The first-order valence-electron chi connectivity index (χ1n) is 8.59. The Morgan fingerprint density at radius 3 is 2.44 bits per heavy atom. The van der Waals surface area contributed by atoms with E-state index in [9.17, 15) is 9.59 Å². The molecule has 0 aliphatic rings.